The van der Waals surface area contributed by atoms with Gasteiger partial charge in [-0.05, 0) is 18.6 Å². The zero-order valence-corrected chi connectivity index (χ0v) is 10.9. The van der Waals surface area contributed by atoms with E-state index in [4.69, 9.17) is 0 Å². The normalized spacial score (nSPS) is 24.3. The third kappa shape index (κ3) is 2.14. The summed E-state index contributed by atoms with van der Waals surface area (Å²) in [5.74, 6) is -1.31. The zero-order valence-electron chi connectivity index (χ0n) is 10.9. The molecular weight excluding hydrogens is 278 g/mol. The monoisotopic (exact) mass is 291 g/mol. The number of nitrogens with zero attached hydrogens (tertiary/aromatic N) is 1. The Hall–Kier alpha value is -2.77. The minimum absolute atomic E-state index is 0.0554. The lowest BCUT2D eigenvalue weighted by molar-refractivity contribution is -0.123. The second-order valence-electron chi connectivity index (χ2n) is 5.21. The summed E-state index contributed by atoms with van der Waals surface area (Å²) in [7, 11) is 0. The van der Waals surface area contributed by atoms with E-state index in [-0.39, 0.29) is 23.6 Å². The maximum Gasteiger partial charge on any atom is 0.322 e. The number of hydrogen-bond acceptors (Lipinski definition) is 5. The number of phenolic OH excluding ortho intramolecular Hbond substituents is 2. The van der Waals surface area contributed by atoms with E-state index in [9.17, 15) is 24.6 Å². The van der Waals surface area contributed by atoms with Crippen molar-refractivity contribution < 1.29 is 24.6 Å². The number of carbonyl (C=O) groups excluding carboxylic acids is 3. The molecular formula is C13H13N3O5. The van der Waals surface area contributed by atoms with Crippen LogP contribution < -0.4 is 10.6 Å². The summed E-state index contributed by atoms with van der Waals surface area (Å²) in [4.78, 5) is 36.8. The van der Waals surface area contributed by atoms with Crippen molar-refractivity contribution in [1.82, 2.24) is 15.5 Å². The molecule has 1 aromatic rings. The highest BCUT2D eigenvalue weighted by Crippen LogP contribution is 2.27. The molecule has 2 aliphatic rings. The smallest absolute Gasteiger partial charge is 0.322 e. The van der Waals surface area contributed by atoms with Crippen LogP contribution in [-0.4, -0.2) is 51.6 Å². The summed E-state index contributed by atoms with van der Waals surface area (Å²) < 4.78 is 0. The molecule has 4 amide bonds. The first-order chi connectivity index (χ1) is 9.89. The van der Waals surface area contributed by atoms with Crippen molar-refractivity contribution in [2.24, 2.45) is 0 Å². The van der Waals surface area contributed by atoms with Gasteiger partial charge in [0, 0.05) is 18.2 Å². The lowest BCUT2D eigenvalue weighted by Crippen LogP contribution is -2.49. The molecule has 4 N–H and O–H groups in total. The number of urea groups is 1. The summed E-state index contributed by atoms with van der Waals surface area (Å²) in [5, 5.41) is 23.5. The van der Waals surface area contributed by atoms with E-state index in [1.165, 1.54) is 17.0 Å². The number of aromatic hydroxyl groups is 2. The first-order valence-corrected chi connectivity index (χ1v) is 6.35. The highest BCUT2D eigenvalue weighted by atomic mass is 16.3. The Morgan fingerprint density at radius 3 is 2.43 bits per heavy atom. The lowest BCUT2D eigenvalue weighted by atomic mass is 9.99. The van der Waals surface area contributed by atoms with Crippen molar-refractivity contribution in [3.63, 3.8) is 0 Å². The van der Waals surface area contributed by atoms with Gasteiger partial charge in [0.15, 0.2) is 0 Å². The number of likely N-dealkylation sites (tertiary alicyclic amines) is 1. The fraction of sp³-hybridized carbons (Fsp3) is 0.308. The Morgan fingerprint density at radius 2 is 1.86 bits per heavy atom. The minimum Gasteiger partial charge on any atom is -0.508 e. The number of amides is 4. The molecule has 0 saturated carbocycles. The molecule has 0 bridgehead atoms. The van der Waals surface area contributed by atoms with Crippen LogP contribution in [0.15, 0.2) is 18.2 Å². The van der Waals surface area contributed by atoms with E-state index >= 15 is 0 Å². The number of nitrogens with one attached hydrogen (secondary N) is 2. The van der Waals surface area contributed by atoms with E-state index in [0.29, 0.717) is 13.0 Å². The molecule has 2 fully saturated rings. The molecule has 0 aromatic heterocycles. The van der Waals surface area contributed by atoms with Crippen LogP contribution in [0.1, 0.15) is 16.8 Å². The summed E-state index contributed by atoms with van der Waals surface area (Å²) >= 11 is 0. The van der Waals surface area contributed by atoms with Gasteiger partial charge < -0.3 is 20.4 Å². The molecule has 2 aliphatic heterocycles. The quantitative estimate of drug-likeness (QED) is 0.521. The molecule has 1 unspecified atom stereocenters. The first kappa shape index (κ1) is 13.2. The van der Waals surface area contributed by atoms with Crippen molar-refractivity contribution in [2.45, 2.75) is 12.0 Å². The van der Waals surface area contributed by atoms with Crippen molar-refractivity contribution in [3.05, 3.63) is 23.8 Å². The molecule has 8 nitrogen and oxygen atoms in total. The van der Waals surface area contributed by atoms with Crippen LogP contribution in [0.2, 0.25) is 0 Å². The Balaban J connectivity index is 1.81. The average Bonchev–Trinajstić information content (AvgIpc) is 2.93. The Labute approximate surface area is 119 Å². The van der Waals surface area contributed by atoms with Gasteiger partial charge in [-0.2, -0.15) is 0 Å². The van der Waals surface area contributed by atoms with Crippen molar-refractivity contribution in [1.29, 1.82) is 0 Å². The fourth-order valence-electron chi connectivity index (χ4n) is 2.70. The van der Waals surface area contributed by atoms with E-state index in [2.05, 4.69) is 10.6 Å². The predicted octanol–water partition coefficient (Wildman–Crippen LogP) is -0.478. The second-order valence-corrected chi connectivity index (χ2v) is 5.21. The van der Waals surface area contributed by atoms with Gasteiger partial charge in [0.1, 0.15) is 17.0 Å². The van der Waals surface area contributed by atoms with E-state index in [0.717, 1.165) is 6.07 Å². The van der Waals surface area contributed by atoms with E-state index < -0.39 is 23.4 Å². The van der Waals surface area contributed by atoms with Gasteiger partial charge in [0.05, 0.1) is 6.54 Å². The fourth-order valence-corrected chi connectivity index (χ4v) is 2.70. The van der Waals surface area contributed by atoms with Crippen LogP contribution in [-0.2, 0) is 4.79 Å². The third-order valence-corrected chi connectivity index (χ3v) is 3.72. The number of hydrogen-bond donors (Lipinski definition) is 4. The number of rotatable bonds is 1. The SMILES string of the molecule is O=C1NC(=O)C2(CCN(C(=O)c3cc(O)cc(O)c3)C2)N1. The summed E-state index contributed by atoms with van der Waals surface area (Å²) in [6, 6.07) is 3.03. The Bertz CT molecular complexity index is 639. The topological polar surface area (TPSA) is 119 Å². The van der Waals surface area contributed by atoms with E-state index in [1.54, 1.807) is 0 Å². The maximum absolute atomic E-state index is 12.3. The maximum atomic E-state index is 12.3. The number of imide groups is 1. The number of carbonyl (C=O) groups is 3. The molecule has 0 radical (unpaired) electrons. The molecule has 1 spiro atoms. The lowest BCUT2D eigenvalue weighted by Gasteiger charge is -2.21. The van der Waals surface area contributed by atoms with Crippen LogP contribution in [0, 0.1) is 0 Å². The molecule has 2 heterocycles. The van der Waals surface area contributed by atoms with Gasteiger partial charge in [-0.15, -0.1) is 0 Å². The minimum atomic E-state index is -1.08. The van der Waals surface area contributed by atoms with Gasteiger partial charge in [-0.3, -0.25) is 14.9 Å². The second kappa shape index (κ2) is 4.37. The van der Waals surface area contributed by atoms with Crippen LogP contribution in [0.25, 0.3) is 0 Å². The van der Waals surface area contributed by atoms with Gasteiger partial charge in [-0.25, -0.2) is 4.79 Å². The summed E-state index contributed by atoms with van der Waals surface area (Å²) in [5.41, 5.74) is -0.958. The summed E-state index contributed by atoms with van der Waals surface area (Å²) in [6.45, 7) is 0.350. The van der Waals surface area contributed by atoms with Crippen LogP contribution in [0.4, 0.5) is 4.79 Å². The van der Waals surface area contributed by atoms with Crippen LogP contribution in [0.3, 0.4) is 0 Å². The van der Waals surface area contributed by atoms with E-state index in [1.807, 2.05) is 0 Å². The Kier molecular flexibility index (Phi) is 2.75. The molecule has 0 aliphatic carbocycles. The standard InChI is InChI=1S/C13H13N3O5/c17-8-3-7(4-9(18)5-8)10(19)16-2-1-13(6-16)11(20)14-12(21)15-13/h3-5,17-18H,1-2,6H2,(H2,14,15,20,21). The van der Waals surface area contributed by atoms with Crippen molar-refractivity contribution >= 4 is 17.8 Å². The first-order valence-electron chi connectivity index (χ1n) is 6.35. The molecule has 110 valence electrons. The molecule has 2 saturated heterocycles. The van der Waals surface area contributed by atoms with Crippen molar-refractivity contribution in [3.8, 4) is 11.5 Å². The number of phenols is 2. The van der Waals surface area contributed by atoms with Gasteiger partial charge >= 0.3 is 6.03 Å². The van der Waals surface area contributed by atoms with Crippen molar-refractivity contribution in [2.75, 3.05) is 13.1 Å². The van der Waals surface area contributed by atoms with Gasteiger partial charge in [0.25, 0.3) is 11.8 Å². The molecule has 1 aromatic carbocycles. The average molecular weight is 291 g/mol. The molecule has 3 rings (SSSR count). The molecule has 21 heavy (non-hydrogen) atoms. The van der Waals surface area contributed by atoms with Crippen LogP contribution >= 0.6 is 0 Å². The van der Waals surface area contributed by atoms with Gasteiger partial charge in [0.2, 0.25) is 0 Å². The highest BCUT2D eigenvalue weighted by Gasteiger charge is 2.51. The molecule has 1 atom stereocenters. The third-order valence-electron chi connectivity index (χ3n) is 3.72. The Morgan fingerprint density at radius 1 is 1.19 bits per heavy atom. The largest absolute Gasteiger partial charge is 0.508 e. The predicted molar refractivity (Wildman–Crippen MR) is 69.7 cm³/mol. The van der Waals surface area contributed by atoms with Gasteiger partial charge in [-0.1, -0.05) is 0 Å². The van der Waals surface area contributed by atoms with Crippen LogP contribution in [0.5, 0.6) is 11.5 Å². The number of benzene rings is 1. The molecule has 8 heteroatoms. The highest BCUT2D eigenvalue weighted by molar-refractivity contribution is 6.08. The zero-order chi connectivity index (χ0) is 15.2. The summed E-state index contributed by atoms with van der Waals surface area (Å²) in [6.07, 6.45) is 0.321.